The van der Waals surface area contributed by atoms with E-state index >= 15 is 0 Å². The first-order valence-corrected chi connectivity index (χ1v) is 9.54. The molecule has 3 amide bonds. The topological polar surface area (TPSA) is 87.7 Å². The Morgan fingerprint density at radius 3 is 2.68 bits per heavy atom. The lowest BCUT2D eigenvalue weighted by Gasteiger charge is -2.32. The van der Waals surface area contributed by atoms with Gasteiger partial charge in [0.05, 0.1) is 12.2 Å². The summed E-state index contributed by atoms with van der Waals surface area (Å²) in [7, 11) is 0. The summed E-state index contributed by atoms with van der Waals surface area (Å²) in [5.41, 5.74) is 2.11. The summed E-state index contributed by atoms with van der Waals surface area (Å²) in [5.74, 6) is -0.532. The maximum absolute atomic E-state index is 12.4. The van der Waals surface area contributed by atoms with Crippen molar-refractivity contribution in [3.8, 4) is 5.75 Å². The van der Waals surface area contributed by atoms with E-state index < -0.39 is 12.0 Å². The molecule has 28 heavy (non-hydrogen) atoms. The number of halogens is 1. The summed E-state index contributed by atoms with van der Waals surface area (Å²) in [6.07, 6.45) is -0.675. The average Bonchev–Trinajstić information content (AvgIpc) is 2.66. The summed E-state index contributed by atoms with van der Waals surface area (Å²) in [5, 5.41) is 5.30. The Labute approximate surface area is 171 Å². The number of fused-ring (bicyclic) bond motifs is 1. The highest BCUT2D eigenvalue weighted by molar-refractivity contribution is 9.10. The Bertz CT molecular complexity index is 931. The van der Waals surface area contributed by atoms with Crippen molar-refractivity contribution in [2.45, 2.75) is 20.0 Å². The van der Waals surface area contributed by atoms with Crippen LogP contribution in [0.25, 0.3) is 0 Å². The number of amides is 3. The molecule has 2 aromatic carbocycles. The van der Waals surface area contributed by atoms with E-state index in [1.54, 1.807) is 37.3 Å². The van der Waals surface area contributed by atoms with Crippen molar-refractivity contribution in [2.75, 3.05) is 23.3 Å². The van der Waals surface area contributed by atoms with Gasteiger partial charge >= 0.3 is 0 Å². The molecule has 1 aliphatic heterocycles. The largest absolute Gasteiger partial charge is 0.479 e. The predicted octanol–water partition coefficient (Wildman–Crippen LogP) is 2.63. The zero-order valence-corrected chi connectivity index (χ0v) is 17.1. The maximum atomic E-state index is 12.4. The number of hydrogen-bond donors (Lipinski definition) is 2. The van der Waals surface area contributed by atoms with E-state index in [1.165, 1.54) is 4.90 Å². The van der Waals surface area contributed by atoms with Gasteiger partial charge in [0.15, 0.2) is 6.10 Å². The lowest BCUT2D eigenvalue weighted by molar-refractivity contribution is -0.128. The second-order valence-electron chi connectivity index (χ2n) is 6.44. The van der Waals surface area contributed by atoms with E-state index in [0.717, 1.165) is 10.0 Å². The maximum Gasteiger partial charge on any atom is 0.268 e. The third kappa shape index (κ3) is 4.51. The fourth-order valence-electron chi connectivity index (χ4n) is 2.86. The fraction of sp³-hybridized carbons (Fsp3) is 0.250. The molecule has 0 aliphatic carbocycles. The number of anilines is 2. The molecule has 1 heterocycles. The predicted molar refractivity (Wildman–Crippen MR) is 109 cm³/mol. The number of nitrogens with zero attached hydrogens (tertiary/aromatic N) is 1. The molecule has 146 valence electrons. The number of benzene rings is 2. The number of rotatable bonds is 5. The molecule has 8 heteroatoms. The molecule has 0 fully saturated rings. The number of hydrogen-bond acceptors (Lipinski definition) is 4. The van der Waals surface area contributed by atoms with Gasteiger partial charge in [-0.3, -0.25) is 19.3 Å². The van der Waals surface area contributed by atoms with Crippen molar-refractivity contribution in [2.24, 2.45) is 0 Å². The van der Waals surface area contributed by atoms with E-state index in [2.05, 4.69) is 26.6 Å². The Kier molecular flexibility index (Phi) is 5.99. The first-order chi connectivity index (χ1) is 13.3. The first-order valence-electron chi connectivity index (χ1n) is 8.75. The van der Waals surface area contributed by atoms with Gasteiger partial charge < -0.3 is 15.4 Å². The molecule has 0 saturated heterocycles. The van der Waals surface area contributed by atoms with E-state index in [9.17, 15) is 14.4 Å². The van der Waals surface area contributed by atoms with Crippen molar-refractivity contribution in [1.29, 1.82) is 0 Å². The Balaban J connectivity index is 1.58. The van der Waals surface area contributed by atoms with Gasteiger partial charge in [-0.1, -0.05) is 28.1 Å². The zero-order chi connectivity index (χ0) is 20.3. The van der Waals surface area contributed by atoms with Crippen LogP contribution in [0.3, 0.4) is 0 Å². The monoisotopic (exact) mass is 445 g/mol. The van der Waals surface area contributed by atoms with Crippen LogP contribution in [-0.2, 0) is 14.4 Å². The lowest BCUT2D eigenvalue weighted by atomic mass is 10.2. The summed E-state index contributed by atoms with van der Waals surface area (Å²) in [6.45, 7) is 3.14. The molecular weight excluding hydrogens is 426 g/mol. The molecule has 0 radical (unpaired) electrons. The standard InChI is InChI=1S/C20H20BrN3O4/c1-12-9-14(21)7-8-15(12)23-18(25)10-22-19(26)11-24-16-5-3-4-6-17(16)28-13(2)20(24)27/h3-9,13H,10-11H2,1-2H3,(H,22,26)(H,23,25)/t13-/m0/s1. The highest BCUT2D eigenvalue weighted by Gasteiger charge is 2.32. The first kappa shape index (κ1) is 19.9. The molecule has 7 nitrogen and oxygen atoms in total. The van der Waals surface area contributed by atoms with E-state index in [0.29, 0.717) is 17.1 Å². The Hall–Kier alpha value is -2.87. The number of nitrogens with one attached hydrogen (secondary N) is 2. The van der Waals surface area contributed by atoms with Gasteiger partial charge in [-0.15, -0.1) is 0 Å². The molecule has 1 aliphatic rings. The summed E-state index contributed by atoms with van der Waals surface area (Å²) < 4.78 is 6.47. The van der Waals surface area contributed by atoms with Gasteiger partial charge in [0, 0.05) is 10.2 Å². The van der Waals surface area contributed by atoms with E-state index in [1.807, 2.05) is 19.1 Å². The van der Waals surface area contributed by atoms with Crippen molar-refractivity contribution in [3.05, 3.63) is 52.5 Å². The van der Waals surface area contributed by atoms with Gasteiger partial charge in [0.25, 0.3) is 5.91 Å². The van der Waals surface area contributed by atoms with Gasteiger partial charge in [0.1, 0.15) is 12.3 Å². The minimum absolute atomic E-state index is 0.186. The van der Waals surface area contributed by atoms with Crippen LogP contribution in [-0.4, -0.2) is 36.9 Å². The highest BCUT2D eigenvalue weighted by Crippen LogP contribution is 2.33. The highest BCUT2D eigenvalue weighted by atomic mass is 79.9. The molecule has 0 bridgehead atoms. The fourth-order valence-corrected chi connectivity index (χ4v) is 3.34. The minimum atomic E-state index is -0.675. The molecule has 0 spiro atoms. The third-order valence-corrected chi connectivity index (χ3v) is 4.78. The molecule has 2 N–H and O–H groups in total. The van der Waals surface area contributed by atoms with Crippen LogP contribution < -0.4 is 20.3 Å². The Morgan fingerprint density at radius 2 is 1.93 bits per heavy atom. The third-order valence-electron chi connectivity index (χ3n) is 4.28. The molecule has 0 aromatic heterocycles. The molecular formula is C20H20BrN3O4. The smallest absolute Gasteiger partial charge is 0.268 e. The number of aryl methyl sites for hydroxylation is 1. The van der Waals surface area contributed by atoms with Crippen LogP contribution >= 0.6 is 15.9 Å². The quantitative estimate of drug-likeness (QED) is 0.740. The lowest BCUT2D eigenvalue weighted by Crippen LogP contribution is -2.49. The number of para-hydroxylation sites is 2. The van der Waals surface area contributed by atoms with E-state index in [-0.39, 0.29) is 24.9 Å². The number of ether oxygens (including phenoxy) is 1. The van der Waals surface area contributed by atoms with Crippen LogP contribution in [0.5, 0.6) is 5.75 Å². The number of carbonyl (C=O) groups is 3. The van der Waals surface area contributed by atoms with Crippen molar-refractivity contribution in [1.82, 2.24) is 5.32 Å². The van der Waals surface area contributed by atoms with Gasteiger partial charge in [-0.2, -0.15) is 0 Å². The van der Waals surface area contributed by atoms with Gasteiger partial charge in [0.2, 0.25) is 11.8 Å². The molecule has 2 aromatic rings. The molecule has 3 rings (SSSR count). The van der Waals surface area contributed by atoms with Crippen molar-refractivity contribution >= 4 is 45.0 Å². The van der Waals surface area contributed by atoms with Crippen molar-refractivity contribution in [3.63, 3.8) is 0 Å². The summed E-state index contributed by atoms with van der Waals surface area (Å²) in [4.78, 5) is 38.2. The summed E-state index contributed by atoms with van der Waals surface area (Å²) in [6, 6.07) is 12.5. The van der Waals surface area contributed by atoms with Crippen LogP contribution in [0, 0.1) is 6.92 Å². The van der Waals surface area contributed by atoms with Gasteiger partial charge in [-0.25, -0.2) is 0 Å². The average molecular weight is 446 g/mol. The molecule has 1 atom stereocenters. The summed E-state index contributed by atoms with van der Waals surface area (Å²) >= 11 is 3.37. The SMILES string of the molecule is Cc1cc(Br)ccc1NC(=O)CNC(=O)CN1C(=O)[C@H](C)Oc2ccccc21. The molecule has 0 saturated carbocycles. The van der Waals surface area contributed by atoms with E-state index in [4.69, 9.17) is 4.74 Å². The zero-order valence-electron chi connectivity index (χ0n) is 15.5. The van der Waals surface area contributed by atoms with Gasteiger partial charge in [-0.05, 0) is 49.7 Å². The van der Waals surface area contributed by atoms with Crippen LogP contribution in [0.4, 0.5) is 11.4 Å². The van der Waals surface area contributed by atoms with Crippen molar-refractivity contribution < 1.29 is 19.1 Å². The second kappa shape index (κ2) is 8.43. The van der Waals surface area contributed by atoms with Crippen LogP contribution in [0.15, 0.2) is 46.9 Å². The molecule has 0 unspecified atom stereocenters. The minimum Gasteiger partial charge on any atom is -0.479 e. The number of carbonyl (C=O) groups excluding carboxylic acids is 3. The Morgan fingerprint density at radius 1 is 1.18 bits per heavy atom. The second-order valence-corrected chi connectivity index (χ2v) is 7.35. The normalized spacial score (nSPS) is 15.5. The van der Waals surface area contributed by atoms with Crippen LogP contribution in [0.1, 0.15) is 12.5 Å². The van der Waals surface area contributed by atoms with Crippen LogP contribution in [0.2, 0.25) is 0 Å².